The van der Waals surface area contributed by atoms with Gasteiger partial charge in [-0.25, -0.2) is 4.98 Å². The molecular formula is C19H34N4O3. The average molecular weight is 367 g/mol. The molecule has 0 radical (unpaired) electrons. The molecule has 2 atom stereocenters. The highest BCUT2D eigenvalue weighted by molar-refractivity contribution is 5.91. The van der Waals surface area contributed by atoms with E-state index < -0.39 is 0 Å². The predicted octanol–water partition coefficient (Wildman–Crippen LogP) is 1.73. The highest BCUT2D eigenvalue weighted by atomic mass is 16.3. The third kappa shape index (κ3) is 6.70. The number of amides is 1. The first kappa shape index (κ1) is 20.9. The van der Waals surface area contributed by atoms with E-state index in [0.29, 0.717) is 30.6 Å². The molecule has 2 heterocycles. The molecule has 148 valence electrons. The van der Waals surface area contributed by atoms with Gasteiger partial charge in [0.15, 0.2) is 5.69 Å². The van der Waals surface area contributed by atoms with Crippen molar-refractivity contribution in [2.45, 2.75) is 52.7 Å². The molecular weight excluding hydrogens is 332 g/mol. The maximum absolute atomic E-state index is 12.1. The van der Waals surface area contributed by atoms with Gasteiger partial charge < -0.3 is 14.8 Å². The predicted molar refractivity (Wildman–Crippen MR) is 101 cm³/mol. The Kier molecular flexibility index (Phi) is 8.54. The Morgan fingerprint density at radius 2 is 2.00 bits per heavy atom. The van der Waals surface area contributed by atoms with Crippen molar-refractivity contribution in [3.05, 3.63) is 17.8 Å². The van der Waals surface area contributed by atoms with Gasteiger partial charge in [0.2, 0.25) is 5.89 Å². The Bertz CT molecular complexity index is 541. The Balaban J connectivity index is 1.73. The molecule has 0 unspecified atom stereocenters. The number of β-amino-alcohol motifs (C(OH)–C–C–N with tert-alkyl or cyclic N) is 1. The Hall–Kier alpha value is -1.44. The summed E-state index contributed by atoms with van der Waals surface area (Å²) in [6, 6.07) is 0. The standard InChI is InChI=1S/C19H34N4O3/c1-4-6-16(24)12-22-7-9-23(10-8-22)13-18-21-17(14-26-18)19(25)20-11-15(3)5-2/h14-16,24H,4-13H2,1-3H3,(H,20,25)/t15-,16+/m0/s1. The fourth-order valence-electron chi connectivity index (χ4n) is 3.03. The number of oxazole rings is 1. The minimum absolute atomic E-state index is 0.171. The smallest absolute Gasteiger partial charge is 0.273 e. The van der Waals surface area contributed by atoms with Gasteiger partial charge >= 0.3 is 0 Å². The van der Waals surface area contributed by atoms with Gasteiger partial charge in [-0.05, 0) is 12.3 Å². The van der Waals surface area contributed by atoms with E-state index >= 15 is 0 Å². The summed E-state index contributed by atoms with van der Waals surface area (Å²) in [5.74, 6) is 0.866. The molecule has 1 aliphatic heterocycles. The minimum Gasteiger partial charge on any atom is -0.447 e. The van der Waals surface area contributed by atoms with Crippen molar-refractivity contribution >= 4 is 5.91 Å². The molecule has 26 heavy (non-hydrogen) atoms. The number of hydrogen-bond acceptors (Lipinski definition) is 6. The fraction of sp³-hybridized carbons (Fsp3) is 0.789. The van der Waals surface area contributed by atoms with Crippen LogP contribution in [-0.4, -0.2) is 71.2 Å². The van der Waals surface area contributed by atoms with Gasteiger partial charge in [0.05, 0.1) is 12.6 Å². The van der Waals surface area contributed by atoms with E-state index in [1.54, 1.807) is 0 Å². The summed E-state index contributed by atoms with van der Waals surface area (Å²) in [4.78, 5) is 21.0. The minimum atomic E-state index is -0.227. The molecule has 0 spiro atoms. The zero-order valence-corrected chi connectivity index (χ0v) is 16.4. The molecule has 0 aliphatic carbocycles. The molecule has 2 N–H and O–H groups in total. The SMILES string of the molecule is CCC[C@@H](O)CN1CCN(Cc2nc(C(=O)NC[C@@H](C)CC)co2)CC1. The van der Waals surface area contributed by atoms with Crippen LogP contribution >= 0.6 is 0 Å². The molecule has 7 heteroatoms. The van der Waals surface area contributed by atoms with Crippen molar-refractivity contribution in [1.82, 2.24) is 20.1 Å². The van der Waals surface area contributed by atoms with Crippen molar-refractivity contribution in [2.24, 2.45) is 5.92 Å². The number of carbonyl (C=O) groups is 1. The normalized spacial score (nSPS) is 18.6. The van der Waals surface area contributed by atoms with Crippen LogP contribution in [0, 0.1) is 5.92 Å². The highest BCUT2D eigenvalue weighted by Crippen LogP contribution is 2.10. The van der Waals surface area contributed by atoms with Crippen LogP contribution in [0.1, 0.15) is 56.4 Å². The third-order valence-corrected chi connectivity index (χ3v) is 5.01. The number of piperazine rings is 1. The number of rotatable bonds is 10. The van der Waals surface area contributed by atoms with Crippen molar-refractivity contribution < 1.29 is 14.3 Å². The lowest BCUT2D eigenvalue weighted by Gasteiger charge is -2.34. The van der Waals surface area contributed by atoms with Gasteiger partial charge in [0, 0.05) is 39.3 Å². The number of aliphatic hydroxyl groups is 1. The number of aliphatic hydroxyl groups excluding tert-OH is 1. The van der Waals surface area contributed by atoms with Gasteiger partial charge in [-0.1, -0.05) is 33.6 Å². The molecule has 0 saturated carbocycles. The highest BCUT2D eigenvalue weighted by Gasteiger charge is 2.21. The lowest BCUT2D eigenvalue weighted by molar-refractivity contribution is 0.0634. The van der Waals surface area contributed by atoms with E-state index in [0.717, 1.165) is 52.0 Å². The molecule has 1 aromatic heterocycles. The molecule has 7 nitrogen and oxygen atoms in total. The average Bonchev–Trinajstić information content (AvgIpc) is 3.09. The zero-order chi connectivity index (χ0) is 18.9. The Morgan fingerprint density at radius 1 is 1.31 bits per heavy atom. The van der Waals surface area contributed by atoms with Gasteiger partial charge in [-0.15, -0.1) is 0 Å². The van der Waals surface area contributed by atoms with E-state index in [1.807, 2.05) is 0 Å². The van der Waals surface area contributed by atoms with Crippen LogP contribution in [0.2, 0.25) is 0 Å². The van der Waals surface area contributed by atoms with Crippen LogP contribution < -0.4 is 5.32 Å². The molecule has 0 aromatic carbocycles. The summed E-state index contributed by atoms with van der Waals surface area (Å²) >= 11 is 0. The van der Waals surface area contributed by atoms with Crippen LogP contribution in [0.5, 0.6) is 0 Å². The van der Waals surface area contributed by atoms with Crippen LogP contribution in [-0.2, 0) is 6.54 Å². The molecule has 2 rings (SSSR count). The summed E-state index contributed by atoms with van der Waals surface area (Å²) in [7, 11) is 0. The molecule has 1 saturated heterocycles. The summed E-state index contributed by atoms with van der Waals surface area (Å²) in [5, 5.41) is 12.8. The Morgan fingerprint density at radius 3 is 2.65 bits per heavy atom. The first-order valence-electron chi connectivity index (χ1n) is 9.87. The maximum Gasteiger partial charge on any atom is 0.273 e. The van der Waals surface area contributed by atoms with E-state index in [9.17, 15) is 9.90 Å². The second-order valence-corrected chi connectivity index (χ2v) is 7.37. The Labute approximate surface area is 156 Å². The lowest BCUT2D eigenvalue weighted by atomic mass is 10.1. The molecule has 0 bridgehead atoms. The quantitative estimate of drug-likeness (QED) is 0.656. The number of carbonyl (C=O) groups excluding carboxylic acids is 1. The number of nitrogens with one attached hydrogen (secondary N) is 1. The maximum atomic E-state index is 12.1. The third-order valence-electron chi connectivity index (χ3n) is 5.01. The topological polar surface area (TPSA) is 81.8 Å². The fourth-order valence-corrected chi connectivity index (χ4v) is 3.03. The second kappa shape index (κ2) is 10.6. The van der Waals surface area contributed by atoms with Crippen molar-refractivity contribution in [2.75, 3.05) is 39.3 Å². The van der Waals surface area contributed by atoms with E-state index in [2.05, 4.69) is 40.9 Å². The summed E-state index contributed by atoms with van der Waals surface area (Å²) < 4.78 is 5.48. The monoisotopic (exact) mass is 366 g/mol. The summed E-state index contributed by atoms with van der Waals surface area (Å²) in [5.41, 5.74) is 0.352. The van der Waals surface area contributed by atoms with E-state index in [-0.39, 0.29) is 12.0 Å². The van der Waals surface area contributed by atoms with Gasteiger partial charge in [-0.2, -0.15) is 0 Å². The van der Waals surface area contributed by atoms with Crippen LogP contribution in [0.25, 0.3) is 0 Å². The van der Waals surface area contributed by atoms with E-state index in [4.69, 9.17) is 4.42 Å². The summed E-state index contributed by atoms with van der Waals surface area (Å²) in [6.45, 7) is 12.0. The lowest BCUT2D eigenvalue weighted by Crippen LogP contribution is -2.48. The van der Waals surface area contributed by atoms with Crippen LogP contribution in [0.3, 0.4) is 0 Å². The van der Waals surface area contributed by atoms with Gasteiger partial charge in [0.25, 0.3) is 5.91 Å². The van der Waals surface area contributed by atoms with Gasteiger partial charge in [0.1, 0.15) is 6.26 Å². The first-order chi connectivity index (χ1) is 12.5. The van der Waals surface area contributed by atoms with Crippen LogP contribution in [0.15, 0.2) is 10.7 Å². The van der Waals surface area contributed by atoms with Crippen molar-refractivity contribution in [1.29, 1.82) is 0 Å². The molecule has 1 amide bonds. The molecule has 1 fully saturated rings. The second-order valence-electron chi connectivity index (χ2n) is 7.37. The number of hydrogen-bond donors (Lipinski definition) is 2. The van der Waals surface area contributed by atoms with Crippen molar-refractivity contribution in [3.8, 4) is 0 Å². The largest absolute Gasteiger partial charge is 0.447 e. The van der Waals surface area contributed by atoms with E-state index in [1.165, 1.54) is 6.26 Å². The van der Waals surface area contributed by atoms with Gasteiger partial charge in [-0.3, -0.25) is 14.6 Å². The number of nitrogens with zero attached hydrogens (tertiary/aromatic N) is 3. The molecule has 1 aromatic rings. The zero-order valence-electron chi connectivity index (χ0n) is 16.4. The van der Waals surface area contributed by atoms with Crippen LogP contribution in [0.4, 0.5) is 0 Å². The first-order valence-corrected chi connectivity index (χ1v) is 9.87. The summed E-state index contributed by atoms with van der Waals surface area (Å²) in [6.07, 6.45) is 4.12. The van der Waals surface area contributed by atoms with Crippen molar-refractivity contribution in [3.63, 3.8) is 0 Å². The molecule has 1 aliphatic rings. The number of aromatic nitrogens is 1.